The molecule has 0 spiro atoms. The van der Waals surface area contributed by atoms with Gasteiger partial charge in [0, 0.05) is 18.2 Å². The molecule has 0 radical (unpaired) electrons. The highest BCUT2D eigenvalue weighted by atomic mass is 32.2. The number of nitrogens with zero attached hydrogens (tertiary/aromatic N) is 2. The Kier molecular flexibility index (Phi) is 5.27. The van der Waals surface area contributed by atoms with Gasteiger partial charge in [-0.05, 0) is 12.1 Å². The molecule has 0 amide bonds. The first-order chi connectivity index (χ1) is 13.6. The summed E-state index contributed by atoms with van der Waals surface area (Å²) in [6.07, 6.45) is -0.583. The van der Waals surface area contributed by atoms with Crippen molar-refractivity contribution in [3.05, 3.63) is 60.7 Å². The van der Waals surface area contributed by atoms with Crippen molar-refractivity contribution in [2.24, 2.45) is 0 Å². The second kappa shape index (κ2) is 7.84. The Morgan fingerprint density at radius 1 is 0.964 bits per heavy atom. The van der Waals surface area contributed by atoms with Gasteiger partial charge in [-0.1, -0.05) is 48.5 Å². The first kappa shape index (κ1) is 18.8. The summed E-state index contributed by atoms with van der Waals surface area (Å²) in [7, 11) is -2.45. The van der Waals surface area contributed by atoms with E-state index in [1.54, 1.807) is 12.1 Å². The van der Waals surface area contributed by atoms with Crippen LogP contribution in [-0.2, 0) is 19.5 Å². The van der Waals surface area contributed by atoms with E-state index in [1.807, 2.05) is 48.5 Å². The number of hydrogen-bond donors (Lipinski definition) is 0. The molecule has 146 valence electrons. The standard InChI is InChI=1S/C20H20N2O5S/c1-22(14-17-25-12-13-26-17)28(23,24)20-18(15-8-4-2-5-9-15)27-19(21-20)16-10-6-3-7-11-16/h2-11,17H,12-14H2,1H3. The van der Waals surface area contributed by atoms with Crippen molar-refractivity contribution >= 4 is 10.0 Å². The van der Waals surface area contributed by atoms with Crippen LogP contribution in [0.3, 0.4) is 0 Å². The zero-order chi connectivity index (χ0) is 19.6. The van der Waals surface area contributed by atoms with Gasteiger partial charge < -0.3 is 13.9 Å². The van der Waals surface area contributed by atoms with E-state index >= 15 is 0 Å². The monoisotopic (exact) mass is 400 g/mol. The minimum absolute atomic E-state index is 0.0735. The van der Waals surface area contributed by atoms with Gasteiger partial charge in [-0.15, -0.1) is 0 Å². The molecule has 1 fully saturated rings. The highest BCUT2D eigenvalue weighted by Gasteiger charge is 2.33. The Morgan fingerprint density at radius 3 is 2.14 bits per heavy atom. The van der Waals surface area contributed by atoms with E-state index in [0.717, 1.165) is 0 Å². The number of oxazole rings is 1. The molecule has 1 aliphatic heterocycles. The Balaban J connectivity index is 1.76. The lowest BCUT2D eigenvalue weighted by molar-refractivity contribution is -0.0482. The second-order valence-corrected chi connectivity index (χ2v) is 8.30. The smallest absolute Gasteiger partial charge is 0.264 e. The molecule has 0 N–H and O–H groups in total. The van der Waals surface area contributed by atoms with Gasteiger partial charge in [-0.3, -0.25) is 0 Å². The molecule has 0 saturated carbocycles. The van der Waals surface area contributed by atoms with Crippen LogP contribution in [0.4, 0.5) is 0 Å². The van der Waals surface area contributed by atoms with Crippen LogP contribution in [0.25, 0.3) is 22.8 Å². The number of hydrogen-bond acceptors (Lipinski definition) is 6. The molecule has 1 aliphatic rings. The molecule has 3 aromatic rings. The van der Waals surface area contributed by atoms with E-state index in [1.165, 1.54) is 11.4 Å². The fraction of sp³-hybridized carbons (Fsp3) is 0.250. The summed E-state index contributed by atoms with van der Waals surface area (Å²) in [6.45, 7) is 0.982. The summed E-state index contributed by atoms with van der Waals surface area (Å²) in [5, 5.41) is -0.127. The summed E-state index contributed by atoms with van der Waals surface area (Å²) in [4.78, 5) is 4.35. The minimum Gasteiger partial charge on any atom is -0.435 e. The van der Waals surface area contributed by atoms with Crippen LogP contribution in [0.1, 0.15) is 0 Å². The van der Waals surface area contributed by atoms with Crippen LogP contribution in [0, 0.1) is 0 Å². The Bertz CT molecular complexity index is 1030. The zero-order valence-electron chi connectivity index (χ0n) is 15.3. The molecule has 2 heterocycles. The summed E-state index contributed by atoms with van der Waals surface area (Å²) in [5.74, 6) is 0.458. The molecule has 4 rings (SSSR count). The quantitative estimate of drug-likeness (QED) is 0.633. The molecule has 7 nitrogen and oxygen atoms in total. The number of likely N-dealkylation sites (N-methyl/N-ethyl adjacent to an activating group) is 1. The largest absolute Gasteiger partial charge is 0.435 e. The van der Waals surface area contributed by atoms with Gasteiger partial charge in [0.15, 0.2) is 12.1 Å². The number of aromatic nitrogens is 1. The fourth-order valence-electron chi connectivity index (χ4n) is 2.93. The van der Waals surface area contributed by atoms with E-state index in [0.29, 0.717) is 24.3 Å². The third kappa shape index (κ3) is 3.72. The molecule has 0 unspecified atom stereocenters. The van der Waals surface area contributed by atoms with Gasteiger partial charge in [0.2, 0.25) is 10.9 Å². The lowest BCUT2D eigenvalue weighted by atomic mass is 10.2. The molecule has 28 heavy (non-hydrogen) atoms. The average molecular weight is 400 g/mol. The second-order valence-electron chi connectivity index (χ2n) is 6.34. The van der Waals surface area contributed by atoms with E-state index in [9.17, 15) is 8.42 Å². The van der Waals surface area contributed by atoms with Crippen molar-refractivity contribution in [3.8, 4) is 22.8 Å². The van der Waals surface area contributed by atoms with Crippen LogP contribution in [-0.4, -0.2) is 50.8 Å². The van der Waals surface area contributed by atoms with Crippen molar-refractivity contribution < 1.29 is 22.3 Å². The molecular weight excluding hydrogens is 380 g/mol. The van der Waals surface area contributed by atoms with Crippen molar-refractivity contribution in [1.82, 2.24) is 9.29 Å². The maximum absolute atomic E-state index is 13.3. The van der Waals surface area contributed by atoms with Gasteiger partial charge in [0.1, 0.15) is 0 Å². The van der Waals surface area contributed by atoms with Gasteiger partial charge in [0.25, 0.3) is 10.0 Å². The first-order valence-corrected chi connectivity index (χ1v) is 10.3. The minimum atomic E-state index is -3.92. The summed E-state index contributed by atoms with van der Waals surface area (Å²) in [6, 6.07) is 18.3. The lowest BCUT2D eigenvalue weighted by Gasteiger charge is -2.19. The predicted molar refractivity (Wildman–Crippen MR) is 103 cm³/mol. The Labute approximate surface area is 163 Å². The topological polar surface area (TPSA) is 81.9 Å². The first-order valence-electron chi connectivity index (χ1n) is 8.87. The summed E-state index contributed by atoms with van der Waals surface area (Å²) >= 11 is 0. The Hall–Kier alpha value is -2.52. The number of benzene rings is 2. The van der Waals surface area contributed by atoms with E-state index in [2.05, 4.69) is 4.98 Å². The van der Waals surface area contributed by atoms with Crippen molar-refractivity contribution in [3.63, 3.8) is 0 Å². The van der Waals surface area contributed by atoms with E-state index in [-0.39, 0.29) is 23.2 Å². The highest BCUT2D eigenvalue weighted by Crippen LogP contribution is 2.33. The number of sulfonamides is 1. The molecule has 1 saturated heterocycles. The number of rotatable bonds is 6. The third-order valence-corrected chi connectivity index (χ3v) is 6.14. The fourth-order valence-corrected chi connectivity index (χ4v) is 4.13. The summed E-state index contributed by atoms with van der Waals surface area (Å²) < 4.78 is 44.3. The van der Waals surface area contributed by atoms with E-state index in [4.69, 9.17) is 13.9 Å². The molecule has 1 aromatic heterocycles. The number of ether oxygens (including phenoxy) is 2. The molecule has 0 bridgehead atoms. The maximum Gasteiger partial charge on any atom is 0.264 e. The predicted octanol–water partition coefficient (Wildman–Crippen LogP) is 3.00. The maximum atomic E-state index is 13.3. The van der Waals surface area contributed by atoms with Crippen LogP contribution >= 0.6 is 0 Å². The van der Waals surface area contributed by atoms with Crippen molar-refractivity contribution in [2.45, 2.75) is 11.3 Å². The molecule has 2 aromatic carbocycles. The van der Waals surface area contributed by atoms with E-state index < -0.39 is 16.3 Å². The van der Waals surface area contributed by atoms with Gasteiger partial charge in [-0.25, -0.2) is 8.42 Å². The molecule has 8 heteroatoms. The highest BCUT2D eigenvalue weighted by molar-refractivity contribution is 7.89. The normalized spacial score (nSPS) is 15.4. The van der Waals surface area contributed by atoms with Gasteiger partial charge in [-0.2, -0.15) is 9.29 Å². The molecule has 0 atom stereocenters. The van der Waals surface area contributed by atoms with Gasteiger partial charge >= 0.3 is 0 Å². The van der Waals surface area contributed by atoms with Crippen molar-refractivity contribution in [2.75, 3.05) is 26.8 Å². The molecule has 0 aliphatic carbocycles. The van der Waals surface area contributed by atoms with Crippen molar-refractivity contribution in [1.29, 1.82) is 0 Å². The van der Waals surface area contributed by atoms with Crippen LogP contribution in [0.15, 0.2) is 70.1 Å². The average Bonchev–Trinajstić information content (AvgIpc) is 3.39. The SMILES string of the molecule is CN(CC1OCCO1)S(=O)(=O)c1nc(-c2ccccc2)oc1-c1ccccc1. The van der Waals surface area contributed by atoms with Crippen LogP contribution in [0.2, 0.25) is 0 Å². The molecular formula is C20H20N2O5S. The van der Waals surface area contributed by atoms with Gasteiger partial charge in [0.05, 0.1) is 19.8 Å². The van der Waals surface area contributed by atoms with Crippen LogP contribution < -0.4 is 0 Å². The third-order valence-electron chi connectivity index (χ3n) is 4.40. The zero-order valence-corrected chi connectivity index (χ0v) is 16.1. The summed E-state index contributed by atoms with van der Waals surface area (Å²) in [5.41, 5.74) is 1.34. The Morgan fingerprint density at radius 2 is 1.54 bits per heavy atom. The van der Waals surface area contributed by atoms with Crippen LogP contribution in [0.5, 0.6) is 0 Å². The lowest BCUT2D eigenvalue weighted by Crippen LogP contribution is -2.35.